The molecule has 2 rings (SSSR count). The smallest absolute Gasteiger partial charge is 0.232 e. The first kappa shape index (κ1) is 17.2. The molecule has 1 heterocycles. The van der Waals surface area contributed by atoms with Gasteiger partial charge in [0.1, 0.15) is 5.75 Å². The van der Waals surface area contributed by atoms with Crippen molar-refractivity contribution in [2.75, 3.05) is 40.0 Å². The minimum absolute atomic E-state index is 0.238. The number of carbonyl (C=O) groups excluding carboxylic acids is 1. The van der Waals surface area contributed by atoms with Crippen LogP contribution in [0.1, 0.15) is 19.3 Å². The number of rotatable bonds is 5. The van der Waals surface area contributed by atoms with Crippen molar-refractivity contribution in [1.82, 2.24) is 9.80 Å². The molecule has 1 aliphatic rings. The van der Waals surface area contributed by atoms with Crippen molar-refractivity contribution < 1.29 is 9.53 Å². The average Bonchev–Trinajstić information content (AvgIpc) is 2.79. The standard InChI is InChI=1S/C17H26N2O2S/c1-18(2)14-7-4-5-10-19(12-14)17(20)13-22-16-9-6-8-15(11-16)21-3/h6,8-9,11,14H,4-5,7,10,12-13H2,1-3H3. The Morgan fingerprint density at radius 3 is 2.95 bits per heavy atom. The fourth-order valence-electron chi connectivity index (χ4n) is 2.69. The summed E-state index contributed by atoms with van der Waals surface area (Å²) < 4.78 is 5.22. The lowest BCUT2D eigenvalue weighted by atomic mass is 10.1. The number of hydrogen-bond donors (Lipinski definition) is 0. The summed E-state index contributed by atoms with van der Waals surface area (Å²) in [5.74, 6) is 1.56. The van der Waals surface area contributed by atoms with Crippen molar-refractivity contribution in [1.29, 1.82) is 0 Å². The molecule has 0 saturated carbocycles. The second-order valence-corrected chi connectivity index (χ2v) is 6.97. The number of benzene rings is 1. The summed E-state index contributed by atoms with van der Waals surface area (Å²) >= 11 is 1.58. The van der Waals surface area contributed by atoms with E-state index in [9.17, 15) is 4.79 Å². The first-order chi connectivity index (χ1) is 10.6. The van der Waals surface area contributed by atoms with Crippen LogP contribution >= 0.6 is 11.8 Å². The number of methoxy groups -OCH3 is 1. The van der Waals surface area contributed by atoms with Crippen LogP contribution in [0.4, 0.5) is 0 Å². The molecule has 1 aromatic carbocycles. The molecular weight excluding hydrogens is 296 g/mol. The van der Waals surface area contributed by atoms with Gasteiger partial charge in [-0.05, 0) is 45.1 Å². The lowest BCUT2D eigenvalue weighted by molar-refractivity contribution is -0.128. The average molecular weight is 322 g/mol. The van der Waals surface area contributed by atoms with Crippen LogP contribution in [0.3, 0.4) is 0 Å². The molecule has 1 aromatic rings. The summed E-state index contributed by atoms with van der Waals surface area (Å²) in [7, 11) is 5.86. The van der Waals surface area contributed by atoms with Gasteiger partial charge in [0.05, 0.1) is 12.9 Å². The van der Waals surface area contributed by atoms with Crippen molar-refractivity contribution in [2.45, 2.75) is 30.2 Å². The first-order valence-electron chi connectivity index (χ1n) is 7.81. The molecule has 0 spiro atoms. The highest BCUT2D eigenvalue weighted by molar-refractivity contribution is 8.00. The number of ether oxygens (including phenoxy) is 1. The Hall–Kier alpha value is -1.20. The maximum Gasteiger partial charge on any atom is 0.232 e. The van der Waals surface area contributed by atoms with Gasteiger partial charge >= 0.3 is 0 Å². The summed E-state index contributed by atoms with van der Waals surface area (Å²) in [5.41, 5.74) is 0. The van der Waals surface area contributed by atoms with Gasteiger partial charge in [0.15, 0.2) is 0 Å². The largest absolute Gasteiger partial charge is 0.497 e. The minimum Gasteiger partial charge on any atom is -0.497 e. The highest BCUT2D eigenvalue weighted by Gasteiger charge is 2.23. The monoisotopic (exact) mass is 322 g/mol. The summed E-state index contributed by atoms with van der Waals surface area (Å²) in [5, 5.41) is 0. The van der Waals surface area contributed by atoms with Gasteiger partial charge < -0.3 is 14.5 Å². The lowest BCUT2D eigenvalue weighted by Crippen LogP contribution is -2.42. The lowest BCUT2D eigenvalue weighted by Gasteiger charge is -2.28. The molecular formula is C17H26N2O2S. The highest BCUT2D eigenvalue weighted by atomic mass is 32.2. The van der Waals surface area contributed by atoms with E-state index >= 15 is 0 Å². The van der Waals surface area contributed by atoms with E-state index in [4.69, 9.17) is 4.74 Å². The molecule has 1 amide bonds. The predicted molar refractivity (Wildman–Crippen MR) is 91.6 cm³/mol. The van der Waals surface area contributed by atoms with Crippen molar-refractivity contribution in [3.05, 3.63) is 24.3 Å². The van der Waals surface area contributed by atoms with Crippen LogP contribution in [0.5, 0.6) is 5.75 Å². The van der Waals surface area contributed by atoms with Crippen LogP contribution in [0.25, 0.3) is 0 Å². The molecule has 5 heteroatoms. The zero-order valence-electron chi connectivity index (χ0n) is 13.7. The molecule has 0 aliphatic carbocycles. The quantitative estimate of drug-likeness (QED) is 0.781. The summed E-state index contributed by atoms with van der Waals surface area (Å²) in [6, 6.07) is 8.35. The SMILES string of the molecule is COc1cccc(SCC(=O)N2CCCCC(N(C)C)C2)c1. The summed E-state index contributed by atoms with van der Waals surface area (Å²) in [6.45, 7) is 1.74. The van der Waals surface area contributed by atoms with Crippen LogP contribution < -0.4 is 4.74 Å². The molecule has 1 unspecified atom stereocenters. The maximum absolute atomic E-state index is 12.5. The second-order valence-electron chi connectivity index (χ2n) is 5.92. The minimum atomic E-state index is 0.238. The molecule has 122 valence electrons. The van der Waals surface area contributed by atoms with E-state index in [1.165, 1.54) is 12.8 Å². The van der Waals surface area contributed by atoms with Crippen molar-refractivity contribution in [3.8, 4) is 5.75 Å². The Balaban J connectivity index is 1.90. The molecule has 1 atom stereocenters. The zero-order chi connectivity index (χ0) is 15.9. The van der Waals surface area contributed by atoms with E-state index in [1.807, 2.05) is 29.2 Å². The molecule has 0 N–H and O–H groups in total. The number of nitrogens with zero attached hydrogens (tertiary/aromatic N) is 2. The van der Waals surface area contributed by atoms with Crippen LogP contribution in [0, 0.1) is 0 Å². The third kappa shape index (κ3) is 4.92. The number of thioether (sulfide) groups is 1. The normalized spacial score (nSPS) is 19.1. The first-order valence-corrected chi connectivity index (χ1v) is 8.80. The topological polar surface area (TPSA) is 32.8 Å². The predicted octanol–water partition coefficient (Wildman–Crippen LogP) is 2.73. The molecule has 0 radical (unpaired) electrons. The van der Waals surface area contributed by atoms with Crippen molar-refractivity contribution in [2.24, 2.45) is 0 Å². The fraction of sp³-hybridized carbons (Fsp3) is 0.588. The van der Waals surface area contributed by atoms with E-state index in [-0.39, 0.29) is 5.91 Å². The van der Waals surface area contributed by atoms with Crippen LogP contribution in [-0.4, -0.2) is 61.8 Å². The molecule has 1 aliphatic heterocycles. The Bertz CT molecular complexity index is 493. The molecule has 1 saturated heterocycles. The summed E-state index contributed by atoms with van der Waals surface area (Å²) in [4.78, 5) is 17.8. The van der Waals surface area contributed by atoms with Crippen molar-refractivity contribution >= 4 is 17.7 Å². The van der Waals surface area contributed by atoms with Gasteiger partial charge in [-0.25, -0.2) is 0 Å². The van der Waals surface area contributed by atoms with E-state index in [2.05, 4.69) is 19.0 Å². The summed E-state index contributed by atoms with van der Waals surface area (Å²) in [6.07, 6.45) is 3.50. The van der Waals surface area contributed by atoms with Gasteiger partial charge in [-0.1, -0.05) is 12.5 Å². The number of hydrogen-bond acceptors (Lipinski definition) is 4. The van der Waals surface area contributed by atoms with E-state index < -0.39 is 0 Å². The molecule has 4 nitrogen and oxygen atoms in total. The van der Waals surface area contributed by atoms with Crippen LogP contribution in [-0.2, 0) is 4.79 Å². The Morgan fingerprint density at radius 1 is 1.41 bits per heavy atom. The Morgan fingerprint density at radius 2 is 2.23 bits per heavy atom. The zero-order valence-corrected chi connectivity index (χ0v) is 14.6. The molecule has 22 heavy (non-hydrogen) atoms. The third-order valence-corrected chi connectivity index (χ3v) is 5.11. The van der Waals surface area contributed by atoms with Gasteiger partial charge in [-0.2, -0.15) is 0 Å². The van der Waals surface area contributed by atoms with E-state index in [0.717, 1.165) is 30.2 Å². The van der Waals surface area contributed by atoms with Gasteiger partial charge in [0.25, 0.3) is 0 Å². The van der Waals surface area contributed by atoms with E-state index in [1.54, 1.807) is 18.9 Å². The van der Waals surface area contributed by atoms with Gasteiger partial charge in [0, 0.05) is 24.0 Å². The second kappa shape index (κ2) is 8.44. The number of carbonyl (C=O) groups is 1. The molecule has 0 aromatic heterocycles. The third-order valence-electron chi connectivity index (χ3n) is 4.13. The van der Waals surface area contributed by atoms with Gasteiger partial charge in [-0.15, -0.1) is 11.8 Å². The molecule has 1 fully saturated rings. The van der Waals surface area contributed by atoms with Crippen LogP contribution in [0.2, 0.25) is 0 Å². The Labute approximate surface area is 137 Å². The fourth-order valence-corrected chi connectivity index (χ4v) is 3.54. The van der Waals surface area contributed by atoms with Crippen molar-refractivity contribution in [3.63, 3.8) is 0 Å². The number of amides is 1. The van der Waals surface area contributed by atoms with Gasteiger partial charge in [0.2, 0.25) is 5.91 Å². The maximum atomic E-state index is 12.5. The number of likely N-dealkylation sites (tertiary alicyclic amines) is 1. The molecule has 0 bridgehead atoms. The van der Waals surface area contributed by atoms with E-state index in [0.29, 0.717) is 11.8 Å². The highest BCUT2D eigenvalue weighted by Crippen LogP contribution is 2.23. The van der Waals surface area contributed by atoms with Crippen LogP contribution in [0.15, 0.2) is 29.2 Å². The van der Waals surface area contributed by atoms with Gasteiger partial charge in [-0.3, -0.25) is 4.79 Å². The Kier molecular flexibility index (Phi) is 6.58. The number of likely N-dealkylation sites (N-methyl/N-ethyl adjacent to an activating group) is 1.